The Labute approximate surface area is 109 Å². The molecule has 1 heterocycles. The fraction of sp³-hybridized carbons (Fsp3) is 0.133. The van der Waals surface area contributed by atoms with Crippen LogP contribution in [0, 0.1) is 18.8 Å². The Hall–Kier alpha value is -2.28. The number of aromatic nitrogens is 1. The van der Waals surface area contributed by atoms with Crippen molar-refractivity contribution in [3.63, 3.8) is 0 Å². The first-order valence-electron chi connectivity index (χ1n) is 5.56. The van der Waals surface area contributed by atoms with Crippen LogP contribution in [0.25, 0.3) is 0 Å². The predicted octanol–water partition coefficient (Wildman–Crippen LogP) is 3.81. The van der Waals surface area contributed by atoms with Gasteiger partial charge in [0, 0.05) is 23.5 Å². The van der Waals surface area contributed by atoms with E-state index in [1.807, 2.05) is 13.0 Å². The molecular formula is C15H10F3N. The third-order valence-electron chi connectivity index (χ3n) is 2.42. The Morgan fingerprint density at radius 2 is 1.74 bits per heavy atom. The van der Waals surface area contributed by atoms with Crippen molar-refractivity contribution in [1.29, 1.82) is 0 Å². The molecule has 1 aromatic heterocycles. The molecule has 19 heavy (non-hydrogen) atoms. The third-order valence-corrected chi connectivity index (χ3v) is 2.42. The highest BCUT2D eigenvalue weighted by Crippen LogP contribution is 2.29. The first-order valence-corrected chi connectivity index (χ1v) is 5.56. The molecule has 0 atom stereocenters. The Bertz CT molecular complexity index is 648. The summed E-state index contributed by atoms with van der Waals surface area (Å²) in [5.74, 6) is 5.51. The molecule has 2 rings (SSSR count). The molecule has 0 aliphatic heterocycles. The van der Waals surface area contributed by atoms with E-state index in [1.54, 1.807) is 18.5 Å². The smallest absolute Gasteiger partial charge is 0.263 e. The number of hydrogen-bond acceptors (Lipinski definition) is 1. The molecule has 0 spiro atoms. The van der Waals surface area contributed by atoms with Crippen molar-refractivity contribution >= 4 is 0 Å². The molecule has 1 aromatic carbocycles. The van der Waals surface area contributed by atoms with Crippen molar-refractivity contribution in [2.24, 2.45) is 0 Å². The van der Waals surface area contributed by atoms with Crippen LogP contribution in [-0.4, -0.2) is 4.98 Å². The summed E-state index contributed by atoms with van der Waals surface area (Å²) in [7, 11) is 0. The van der Waals surface area contributed by atoms with E-state index in [1.165, 1.54) is 6.07 Å². The molecule has 0 aliphatic carbocycles. The zero-order valence-electron chi connectivity index (χ0n) is 10.1. The molecule has 0 saturated heterocycles. The maximum Gasteiger partial charge on any atom is 0.416 e. The summed E-state index contributed by atoms with van der Waals surface area (Å²) in [5.41, 5.74) is 1.27. The van der Waals surface area contributed by atoms with Gasteiger partial charge in [0.2, 0.25) is 0 Å². The number of rotatable bonds is 0. The zero-order chi connectivity index (χ0) is 13.9. The van der Waals surface area contributed by atoms with E-state index in [9.17, 15) is 13.2 Å². The van der Waals surface area contributed by atoms with Gasteiger partial charge in [-0.15, -0.1) is 0 Å². The molecule has 0 saturated carbocycles. The first-order chi connectivity index (χ1) is 8.95. The summed E-state index contributed by atoms with van der Waals surface area (Å²) in [6, 6.07) is 6.79. The number of pyridine rings is 1. The first kappa shape index (κ1) is 13.2. The van der Waals surface area contributed by atoms with Crippen LogP contribution in [0.1, 0.15) is 22.3 Å². The van der Waals surface area contributed by atoms with Gasteiger partial charge in [-0.3, -0.25) is 4.98 Å². The largest absolute Gasteiger partial charge is 0.416 e. The zero-order valence-corrected chi connectivity index (χ0v) is 10.1. The average Bonchev–Trinajstić information content (AvgIpc) is 2.36. The fourth-order valence-electron chi connectivity index (χ4n) is 1.54. The van der Waals surface area contributed by atoms with Gasteiger partial charge in [0.1, 0.15) is 0 Å². The summed E-state index contributed by atoms with van der Waals surface area (Å²) in [6.45, 7) is 1.88. The van der Waals surface area contributed by atoms with Gasteiger partial charge in [-0.05, 0) is 36.8 Å². The quantitative estimate of drug-likeness (QED) is 0.657. The number of nitrogens with zero attached hydrogens (tertiary/aromatic N) is 1. The van der Waals surface area contributed by atoms with E-state index >= 15 is 0 Å². The SMILES string of the molecule is Cc1cncc(C#Cc2cccc(C(F)(F)F)c2)c1. The van der Waals surface area contributed by atoms with Crippen LogP contribution in [0.3, 0.4) is 0 Å². The molecule has 96 valence electrons. The van der Waals surface area contributed by atoms with Gasteiger partial charge in [0.05, 0.1) is 5.56 Å². The molecule has 0 unspecified atom stereocenters. The molecule has 0 aliphatic rings. The molecule has 0 radical (unpaired) electrons. The number of halogens is 3. The molecule has 0 N–H and O–H groups in total. The van der Waals surface area contributed by atoms with E-state index in [0.29, 0.717) is 11.1 Å². The minimum absolute atomic E-state index is 0.330. The van der Waals surface area contributed by atoms with E-state index in [2.05, 4.69) is 16.8 Å². The number of aryl methyl sites for hydroxylation is 1. The van der Waals surface area contributed by atoms with Crippen molar-refractivity contribution in [2.45, 2.75) is 13.1 Å². The van der Waals surface area contributed by atoms with Crippen LogP contribution >= 0.6 is 0 Å². The third kappa shape index (κ3) is 3.59. The molecule has 0 amide bonds. The lowest BCUT2D eigenvalue weighted by molar-refractivity contribution is -0.137. The standard InChI is InChI=1S/C15H10F3N/c1-11-7-13(10-19-9-11)6-5-12-3-2-4-14(8-12)15(16,17)18/h2-4,7-10H,1H3. The van der Waals surface area contributed by atoms with E-state index in [-0.39, 0.29) is 0 Å². The van der Waals surface area contributed by atoms with Gasteiger partial charge < -0.3 is 0 Å². The minimum atomic E-state index is -4.34. The Balaban J connectivity index is 2.30. The van der Waals surface area contributed by atoms with Crippen molar-refractivity contribution in [1.82, 2.24) is 4.98 Å². The van der Waals surface area contributed by atoms with Crippen molar-refractivity contribution in [3.05, 3.63) is 65.0 Å². The highest BCUT2D eigenvalue weighted by molar-refractivity contribution is 5.44. The van der Waals surface area contributed by atoms with Crippen LogP contribution in [0.5, 0.6) is 0 Å². The van der Waals surface area contributed by atoms with Crippen LogP contribution in [-0.2, 0) is 6.18 Å². The van der Waals surface area contributed by atoms with Gasteiger partial charge in [-0.1, -0.05) is 17.9 Å². The fourth-order valence-corrected chi connectivity index (χ4v) is 1.54. The summed E-state index contributed by atoms with van der Waals surface area (Å²) in [6.07, 6.45) is -1.08. The molecular weight excluding hydrogens is 251 g/mol. The Morgan fingerprint density at radius 1 is 1.00 bits per heavy atom. The minimum Gasteiger partial charge on any atom is -0.263 e. The van der Waals surface area contributed by atoms with E-state index in [4.69, 9.17) is 0 Å². The van der Waals surface area contributed by atoms with E-state index < -0.39 is 11.7 Å². The van der Waals surface area contributed by atoms with E-state index in [0.717, 1.165) is 17.7 Å². The van der Waals surface area contributed by atoms with Gasteiger partial charge >= 0.3 is 6.18 Å². The lowest BCUT2D eigenvalue weighted by Gasteiger charge is -2.05. The maximum absolute atomic E-state index is 12.5. The molecule has 0 fully saturated rings. The van der Waals surface area contributed by atoms with Crippen molar-refractivity contribution < 1.29 is 13.2 Å². The number of hydrogen-bond donors (Lipinski definition) is 0. The molecule has 0 bridgehead atoms. The second kappa shape index (κ2) is 5.15. The predicted molar refractivity (Wildman–Crippen MR) is 66.4 cm³/mol. The van der Waals surface area contributed by atoms with Gasteiger partial charge in [-0.2, -0.15) is 13.2 Å². The molecule has 1 nitrogen and oxygen atoms in total. The average molecular weight is 261 g/mol. The monoisotopic (exact) mass is 261 g/mol. The second-order valence-electron chi connectivity index (χ2n) is 4.08. The highest BCUT2D eigenvalue weighted by Gasteiger charge is 2.30. The number of alkyl halides is 3. The molecule has 4 heteroatoms. The Kier molecular flexibility index (Phi) is 3.57. The van der Waals surface area contributed by atoms with Crippen molar-refractivity contribution in [3.8, 4) is 11.8 Å². The van der Waals surface area contributed by atoms with Crippen LogP contribution in [0.15, 0.2) is 42.7 Å². The van der Waals surface area contributed by atoms with Gasteiger partial charge in [0.15, 0.2) is 0 Å². The topological polar surface area (TPSA) is 12.9 Å². The Morgan fingerprint density at radius 3 is 2.42 bits per heavy atom. The lowest BCUT2D eigenvalue weighted by Crippen LogP contribution is -2.04. The summed E-state index contributed by atoms with van der Waals surface area (Å²) in [4.78, 5) is 3.97. The second-order valence-corrected chi connectivity index (χ2v) is 4.08. The van der Waals surface area contributed by atoms with Crippen LogP contribution in [0.4, 0.5) is 13.2 Å². The normalized spacial score (nSPS) is 10.7. The van der Waals surface area contributed by atoms with Crippen molar-refractivity contribution in [2.75, 3.05) is 0 Å². The maximum atomic E-state index is 12.5. The van der Waals surface area contributed by atoms with Gasteiger partial charge in [-0.25, -0.2) is 0 Å². The highest BCUT2D eigenvalue weighted by atomic mass is 19.4. The number of benzene rings is 1. The summed E-state index contributed by atoms with van der Waals surface area (Å²) >= 11 is 0. The lowest BCUT2D eigenvalue weighted by atomic mass is 10.1. The van der Waals surface area contributed by atoms with Gasteiger partial charge in [0.25, 0.3) is 0 Å². The molecule has 2 aromatic rings. The summed E-state index contributed by atoms with van der Waals surface area (Å²) in [5, 5.41) is 0. The summed E-state index contributed by atoms with van der Waals surface area (Å²) < 4.78 is 37.6. The van der Waals surface area contributed by atoms with Crippen LogP contribution < -0.4 is 0 Å². The van der Waals surface area contributed by atoms with Crippen LogP contribution in [0.2, 0.25) is 0 Å².